The zero-order valence-electron chi connectivity index (χ0n) is 11.9. The zero-order chi connectivity index (χ0) is 14.0. The molecule has 0 atom stereocenters. The third kappa shape index (κ3) is 2.62. The fraction of sp³-hybridized carbons (Fsp3) is 0.667. The second-order valence-electron chi connectivity index (χ2n) is 6.04. The summed E-state index contributed by atoms with van der Waals surface area (Å²) < 4.78 is 0. The summed E-state index contributed by atoms with van der Waals surface area (Å²) in [6, 6.07) is 2.18. The molecule has 5 heteroatoms. The summed E-state index contributed by atoms with van der Waals surface area (Å²) in [5.41, 5.74) is 7.01. The molecule has 1 saturated carbocycles. The molecule has 0 radical (unpaired) electrons. The second-order valence-corrected chi connectivity index (χ2v) is 6.82. The van der Waals surface area contributed by atoms with E-state index in [-0.39, 0.29) is 5.41 Å². The van der Waals surface area contributed by atoms with Crippen LogP contribution in [0.25, 0.3) is 0 Å². The molecule has 0 unspecified atom stereocenters. The first-order valence-electron chi connectivity index (χ1n) is 7.46. The van der Waals surface area contributed by atoms with Gasteiger partial charge in [-0.25, -0.2) is 0 Å². The van der Waals surface area contributed by atoms with Crippen LogP contribution < -0.4 is 5.73 Å². The summed E-state index contributed by atoms with van der Waals surface area (Å²) in [5.74, 6) is 0.307. The Balaban J connectivity index is 1.52. The first kappa shape index (κ1) is 14.0. The van der Waals surface area contributed by atoms with E-state index in [1.54, 1.807) is 11.3 Å². The van der Waals surface area contributed by atoms with Crippen molar-refractivity contribution in [3.8, 4) is 0 Å². The van der Waals surface area contributed by atoms with Crippen LogP contribution in [0.4, 0.5) is 0 Å². The minimum absolute atomic E-state index is 0.213. The van der Waals surface area contributed by atoms with Crippen molar-refractivity contribution in [3.05, 3.63) is 22.4 Å². The summed E-state index contributed by atoms with van der Waals surface area (Å²) in [5, 5.41) is 4.33. The molecule has 0 spiro atoms. The van der Waals surface area contributed by atoms with E-state index in [1.165, 1.54) is 5.56 Å². The fourth-order valence-electron chi connectivity index (χ4n) is 3.19. The molecule has 2 heterocycles. The number of nitrogens with two attached hydrogens (primary N) is 1. The van der Waals surface area contributed by atoms with Crippen LogP contribution in [0, 0.1) is 5.41 Å². The number of carbonyl (C=O) groups is 1. The molecule has 1 aromatic rings. The summed E-state index contributed by atoms with van der Waals surface area (Å²) in [7, 11) is 0. The molecule has 20 heavy (non-hydrogen) atoms. The largest absolute Gasteiger partial charge is 0.340 e. The van der Waals surface area contributed by atoms with Crippen LogP contribution in [0.5, 0.6) is 0 Å². The van der Waals surface area contributed by atoms with Gasteiger partial charge in [0, 0.05) is 39.3 Å². The number of hydrogen-bond donors (Lipinski definition) is 1. The highest BCUT2D eigenvalue weighted by molar-refractivity contribution is 7.07. The Labute approximate surface area is 124 Å². The maximum Gasteiger partial charge on any atom is 0.230 e. The van der Waals surface area contributed by atoms with E-state index >= 15 is 0 Å². The van der Waals surface area contributed by atoms with Gasteiger partial charge in [0.25, 0.3) is 0 Å². The first-order chi connectivity index (χ1) is 9.73. The van der Waals surface area contributed by atoms with Crippen LogP contribution in [0.1, 0.15) is 24.8 Å². The SMILES string of the molecule is NCC1(C(=O)N2CCN(Cc3ccsc3)CC2)CCC1. The van der Waals surface area contributed by atoms with Crippen molar-refractivity contribution in [1.29, 1.82) is 0 Å². The highest BCUT2D eigenvalue weighted by atomic mass is 32.1. The maximum atomic E-state index is 12.6. The fourth-order valence-corrected chi connectivity index (χ4v) is 3.85. The molecule has 1 aliphatic heterocycles. The van der Waals surface area contributed by atoms with Gasteiger partial charge in [-0.3, -0.25) is 9.69 Å². The van der Waals surface area contributed by atoms with E-state index in [4.69, 9.17) is 5.73 Å². The Bertz CT molecular complexity index is 442. The number of rotatable bonds is 4. The van der Waals surface area contributed by atoms with E-state index in [1.807, 2.05) is 4.90 Å². The molecule has 3 rings (SSSR count). The summed E-state index contributed by atoms with van der Waals surface area (Å²) >= 11 is 1.75. The van der Waals surface area contributed by atoms with Gasteiger partial charge in [-0.05, 0) is 35.2 Å². The highest BCUT2D eigenvalue weighted by Crippen LogP contribution is 2.41. The van der Waals surface area contributed by atoms with Crippen LogP contribution in [0.15, 0.2) is 16.8 Å². The molecule has 1 aliphatic carbocycles. The molecule has 0 aromatic carbocycles. The van der Waals surface area contributed by atoms with E-state index < -0.39 is 0 Å². The molecule has 2 aliphatic rings. The summed E-state index contributed by atoms with van der Waals surface area (Å²) in [6.45, 7) is 5.18. The standard InChI is InChI=1S/C15H23N3OS/c16-12-15(3-1-4-15)14(19)18-7-5-17(6-8-18)10-13-2-9-20-11-13/h2,9,11H,1,3-8,10,12,16H2. The van der Waals surface area contributed by atoms with Gasteiger partial charge in [0.05, 0.1) is 5.41 Å². The molecular formula is C15H23N3OS. The second kappa shape index (κ2) is 5.84. The van der Waals surface area contributed by atoms with Gasteiger partial charge in [0.1, 0.15) is 0 Å². The van der Waals surface area contributed by atoms with Crippen molar-refractivity contribution in [2.45, 2.75) is 25.8 Å². The number of amides is 1. The Morgan fingerprint density at radius 3 is 2.55 bits per heavy atom. The number of hydrogen-bond acceptors (Lipinski definition) is 4. The molecule has 2 N–H and O–H groups in total. The lowest BCUT2D eigenvalue weighted by Crippen LogP contribution is -2.56. The molecule has 1 aromatic heterocycles. The number of carbonyl (C=O) groups excluding carboxylic acids is 1. The lowest BCUT2D eigenvalue weighted by molar-refractivity contribution is -0.148. The van der Waals surface area contributed by atoms with Crippen molar-refractivity contribution in [1.82, 2.24) is 9.80 Å². The van der Waals surface area contributed by atoms with Crippen LogP contribution >= 0.6 is 11.3 Å². The molecule has 2 fully saturated rings. The molecule has 1 amide bonds. The molecule has 1 saturated heterocycles. The van der Waals surface area contributed by atoms with Crippen molar-refractivity contribution in [2.24, 2.45) is 11.1 Å². The summed E-state index contributed by atoms with van der Waals surface area (Å²) in [6.07, 6.45) is 3.12. The van der Waals surface area contributed by atoms with Crippen molar-refractivity contribution in [3.63, 3.8) is 0 Å². The van der Waals surface area contributed by atoms with Gasteiger partial charge in [0.2, 0.25) is 5.91 Å². The van der Waals surface area contributed by atoms with E-state index in [0.29, 0.717) is 12.5 Å². The topological polar surface area (TPSA) is 49.6 Å². The lowest BCUT2D eigenvalue weighted by Gasteiger charge is -2.45. The van der Waals surface area contributed by atoms with Gasteiger partial charge in [0.15, 0.2) is 0 Å². The number of thiophene rings is 1. The molecule has 110 valence electrons. The van der Waals surface area contributed by atoms with Gasteiger partial charge >= 0.3 is 0 Å². The normalized spacial score (nSPS) is 22.6. The third-order valence-electron chi connectivity index (χ3n) is 4.80. The average molecular weight is 293 g/mol. The van der Waals surface area contributed by atoms with Crippen LogP contribution in [-0.4, -0.2) is 48.4 Å². The van der Waals surface area contributed by atoms with Crippen molar-refractivity contribution >= 4 is 17.2 Å². The van der Waals surface area contributed by atoms with E-state index in [2.05, 4.69) is 21.7 Å². The quantitative estimate of drug-likeness (QED) is 0.916. The van der Waals surface area contributed by atoms with Gasteiger partial charge in [-0.15, -0.1) is 0 Å². The summed E-state index contributed by atoms with van der Waals surface area (Å²) in [4.78, 5) is 17.1. The number of nitrogens with zero attached hydrogens (tertiary/aromatic N) is 2. The van der Waals surface area contributed by atoms with Crippen LogP contribution in [0.3, 0.4) is 0 Å². The molecular weight excluding hydrogens is 270 g/mol. The predicted octanol–water partition coefficient (Wildman–Crippen LogP) is 1.52. The van der Waals surface area contributed by atoms with Gasteiger partial charge in [-0.2, -0.15) is 11.3 Å². The maximum absolute atomic E-state index is 12.6. The van der Waals surface area contributed by atoms with Gasteiger partial charge in [-0.1, -0.05) is 6.42 Å². The molecule has 0 bridgehead atoms. The minimum Gasteiger partial charge on any atom is -0.340 e. The lowest BCUT2D eigenvalue weighted by atomic mass is 9.67. The molecule has 4 nitrogen and oxygen atoms in total. The predicted molar refractivity (Wildman–Crippen MR) is 81.5 cm³/mol. The smallest absolute Gasteiger partial charge is 0.230 e. The van der Waals surface area contributed by atoms with E-state index in [9.17, 15) is 4.79 Å². The van der Waals surface area contributed by atoms with Crippen molar-refractivity contribution < 1.29 is 4.79 Å². The highest BCUT2D eigenvalue weighted by Gasteiger charge is 2.45. The zero-order valence-corrected chi connectivity index (χ0v) is 12.7. The van der Waals surface area contributed by atoms with Crippen molar-refractivity contribution in [2.75, 3.05) is 32.7 Å². The number of piperazine rings is 1. The Morgan fingerprint density at radius 2 is 2.05 bits per heavy atom. The third-order valence-corrected chi connectivity index (χ3v) is 5.53. The van der Waals surface area contributed by atoms with Crippen LogP contribution in [0.2, 0.25) is 0 Å². The Hall–Kier alpha value is -0.910. The van der Waals surface area contributed by atoms with Gasteiger partial charge < -0.3 is 10.6 Å². The Kier molecular flexibility index (Phi) is 4.10. The van der Waals surface area contributed by atoms with Crippen LogP contribution in [-0.2, 0) is 11.3 Å². The Morgan fingerprint density at radius 1 is 1.30 bits per heavy atom. The minimum atomic E-state index is -0.213. The monoisotopic (exact) mass is 293 g/mol. The first-order valence-corrected chi connectivity index (χ1v) is 8.41. The van der Waals surface area contributed by atoms with E-state index in [0.717, 1.165) is 52.0 Å². The average Bonchev–Trinajstić information content (AvgIpc) is 2.92.